The fourth-order valence-electron chi connectivity index (χ4n) is 4.03. The van der Waals surface area contributed by atoms with Crippen molar-refractivity contribution >= 4 is 15.9 Å². The summed E-state index contributed by atoms with van der Waals surface area (Å²) in [6, 6.07) is 9.40. The first-order valence-electron chi connectivity index (χ1n) is 9.46. The molecule has 1 aromatic heterocycles. The number of hydrogen-bond acceptors (Lipinski definition) is 4. The van der Waals surface area contributed by atoms with E-state index in [-0.39, 0.29) is 28.4 Å². The topological polar surface area (TPSA) is 79.6 Å². The summed E-state index contributed by atoms with van der Waals surface area (Å²) in [6.45, 7) is 2.64. The minimum atomic E-state index is -3.60. The molecule has 1 aliphatic carbocycles. The van der Waals surface area contributed by atoms with Gasteiger partial charge in [0, 0.05) is 19.2 Å². The summed E-state index contributed by atoms with van der Waals surface area (Å²) in [5, 5.41) is 3.01. The zero-order valence-electron chi connectivity index (χ0n) is 15.4. The van der Waals surface area contributed by atoms with E-state index in [1.54, 1.807) is 6.92 Å². The van der Waals surface area contributed by atoms with Gasteiger partial charge in [-0.05, 0) is 50.2 Å². The number of nitrogens with one attached hydrogen (secondary N) is 1. The van der Waals surface area contributed by atoms with Crippen molar-refractivity contribution in [2.45, 2.75) is 50.0 Å². The normalized spacial score (nSPS) is 20.4. The average molecular weight is 388 g/mol. The molecule has 1 saturated heterocycles. The van der Waals surface area contributed by atoms with Crippen LogP contribution in [-0.4, -0.2) is 31.7 Å². The van der Waals surface area contributed by atoms with Crippen LogP contribution in [0.4, 0.5) is 0 Å². The minimum absolute atomic E-state index is 0.0494. The van der Waals surface area contributed by atoms with E-state index in [0.29, 0.717) is 13.1 Å². The van der Waals surface area contributed by atoms with E-state index >= 15 is 0 Å². The molecular weight excluding hydrogens is 364 g/mol. The molecule has 0 radical (unpaired) electrons. The SMILES string of the molecule is Cc1oc(C(=O)N[C@@H]2CCCc3ccccc32)cc1S(=O)(=O)N1CCCC1. The van der Waals surface area contributed by atoms with Gasteiger partial charge in [-0.25, -0.2) is 8.42 Å². The Morgan fingerprint density at radius 1 is 1.19 bits per heavy atom. The van der Waals surface area contributed by atoms with Crippen molar-refractivity contribution in [3.8, 4) is 0 Å². The number of rotatable bonds is 4. The van der Waals surface area contributed by atoms with Crippen LogP contribution in [-0.2, 0) is 16.4 Å². The first-order chi connectivity index (χ1) is 13.0. The van der Waals surface area contributed by atoms with Crippen LogP contribution in [0.2, 0.25) is 0 Å². The third kappa shape index (κ3) is 3.41. The molecule has 0 spiro atoms. The third-order valence-electron chi connectivity index (χ3n) is 5.45. The minimum Gasteiger partial charge on any atom is -0.455 e. The van der Waals surface area contributed by atoms with Gasteiger partial charge in [0.15, 0.2) is 5.76 Å². The van der Waals surface area contributed by atoms with Crippen LogP contribution in [0, 0.1) is 6.92 Å². The van der Waals surface area contributed by atoms with Gasteiger partial charge in [0.1, 0.15) is 10.7 Å². The maximum absolute atomic E-state index is 12.8. The standard InChI is InChI=1S/C20H24N2O4S/c1-14-19(27(24,25)22-11-4-5-12-22)13-18(26-14)20(23)21-17-10-6-8-15-7-2-3-9-16(15)17/h2-3,7,9,13,17H,4-6,8,10-12H2,1H3,(H,21,23)/t17-/m1/s1. The number of carbonyl (C=O) groups excluding carboxylic acids is 1. The molecule has 6 nitrogen and oxygen atoms in total. The first-order valence-corrected chi connectivity index (χ1v) is 10.9. The van der Waals surface area contributed by atoms with Crippen LogP contribution in [0.25, 0.3) is 0 Å². The summed E-state index contributed by atoms with van der Waals surface area (Å²) in [7, 11) is -3.60. The Balaban J connectivity index is 1.56. The van der Waals surface area contributed by atoms with E-state index in [1.165, 1.54) is 15.9 Å². The molecule has 0 bridgehead atoms. The number of hydrogen-bond donors (Lipinski definition) is 1. The molecule has 2 aromatic rings. The van der Waals surface area contributed by atoms with Crippen LogP contribution in [0.5, 0.6) is 0 Å². The van der Waals surface area contributed by atoms with Crippen molar-refractivity contribution in [1.82, 2.24) is 9.62 Å². The molecular formula is C20H24N2O4S. The lowest BCUT2D eigenvalue weighted by atomic mass is 9.88. The van der Waals surface area contributed by atoms with E-state index in [9.17, 15) is 13.2 Å². The van der Waals surface area contributed by atoms with Crippen molar-refractivity contribution in [2.75, 3.05) is 13.1 Å². The smallest absolute Gasteiger partial charge is 0.287 e. The van der Waals surface area contributed by atoms with Crippen LogP contribution >= 0.6 is 0 Å². The van der Waals surface area contributed by atoms with E-state index in [2.05, 4.69) is 11.4 Å². The predicted molar refractivity (Wildman–Crippen MR) is 101 cm³/mol. The van der Waals surface area contributed by atoms with Gasteiger partial charge < -0.3 is 9.73 Å². The average Bonchev–Trinajstić information content (AvgIpc) is 3.32. The molecule has 1 aromatic carbocycles. The van der Waals surface area contributed by atoms with Gasteiger partial charge in [-0.2, -0.15) is 4.31 Å². The third-order valence-corrected chi connectivity index (χ3v) is 7.46. The van der Waals surface area contributed by atoms with Gasteiger partial charge in [-0.3, -0.25) is 4.79 Å². The van der Waals surface area contributed by atoms with E-state index in [4.69, 9.17) is 4.42 Å². The fraction of sp³-hybridized carbons (Fsp3) is 0.450. The molecule has 1 amide bonds. The second kappa shape index (κ2) is 7.13. The molecule has 27 heavy (non-hydrogen) atoms. The highest BCUT2D eigenvalue weighted by molar-refractivity contribution is 7.89. The van der Waals surface area contributed by atoms with Crippen molar-refractivity contribution in [2.24, 2.45) is 0 Å². The lowest BCUT2D eigenvalue weighted by molar-refractivity contribution is 0.0903. The van der Waals surface area contributed by atoms with E-state index in [1.807, 2.05) is 18.2 Å². The molecule has 1 N–H and O–H groups in total. The Morgan fingerprint density at radius 2 is 1.93 bits per heavy atom. The summed E-state index contributed by atoms with van der Waals surface area (Å²) >= 11 is 0. The number of benzene rings is 1. The summed E-state index contributed by atoms with van der Waals surface area (Å²) in [5.74, 6) is -0.0629. The Kier molecular flexibility index (Phi) is 4.82. The number of carbonyl (C=O) groups is 1. The van der Waals surface area contributed by atoms with Gasteiger partial charge >= 0.3 is 0 Å². The van der Waals surface area contributed by atoms with Gasteiger partial charge in [-0.1, -0.05) is 24.3 Å². The maximum Gasteiger partial charge on any atom is 0.287 e. The van der Waals surface area contributed by atoms with Crippen molar-refractivity contribution in [1.29, 1.82) is 0 Å². The maximum atomic E-state index is 12.8. The van der Waals surface area contributed by atoms with E-state index in [0.717, 1.165) is 37.7 Å². The van der Waals surface area contributed by atoms with Crippen LogP contribution in [0.15, 0.2) is 39.6 Å². The molecule has 1 atom stereocenters. The molecule has 7 heteroatoms. The highest BCUT2D eigenvalue weighted by Gasteiger charge is 2.32. The molecule has 1 aliphatic heterocycles. The molecule has 4 rings (SSSR count). The Hall–Kier alpha value is -2.12. The molecule has 144 valence electrons. The summed E-state index contributed by atoms with van der Waals surface area (Å²) in [5.41, 5.74) is 2.38. The molecule has 1 fully saturated rings. The summed E-state index contributed by atoms with van der Waals surface area (Å²) in [6.07, 6.45) is 4.62. The van der Waals surface area contributed by atoms with Crippen molar-refractivity contribution < 1.29 is 17.6 Å². The summed E-state index contributed by atoms with van der Waals surface area (Å²) < 4.78 is 32.6. The Labute approximate surface area is 159 Å². The van der Waals surface area contributed by atoms with Gasteiger partial charge in [-0.15, -0.1) is 0 Å². The second-order valence-electron chi connectivity index (χ2n) is 7.26. The number of sulfonamides is 1. The Bertz CT molecular complexity index is 958. The zero-order valence-corrected chi connectivity index (χ0v) is 16.2. The number of amides is 1. The lowest BCUT2D eigenvalue weighted by Crippen LogP contribution is -2.30. The van der Waals surface area contributed by atoms with Crippen molar-refractivity contribution in [3.63, 3.8) is 0 Å². The monoisotopic (exact) mass is 388 g/mol. The lowest BCUT2D eigenvalue weighted by Gasteiger charge is -2.25. The second-order valence-corrected chi connectivity index (χ2v) is 9.17. The van der Waals surface area contributed by atoms with Gasteiger partial charge in [0.25, 0.3) is 5.91 Å². The molecule has 2 aliphatic rings. The van der Waals surface area contributed by atoms with Crippen LogP contribution in [0.1, 0.15) is 59.2 Å². The van der Waals surface area contributed by atoms with Crippen LogP contribution in [0.3, 0.4) is 0 Å². The largest absolute Gasteiger partial charge is 0.455 e. The van der Waals surface area contributed by atoms with E-state index < -0.39 is 10.0 Å². The number of furan rings is 1. The quantitative estimate of drug-likeness (QED) is 0.872. The molecule has 0 saturated carbocycles. The Morgan fingerprint density at radius 3 is 2.70 bits per heavy atom. The fourth-order valence-corrected chi connectivity index (χ4v) is 5.71. The highest BCUT2D eigenvalue weighted by Crippen LogP contribution is 2.31. The van der Waals surface area contributed by atoms with Crippen molar-refractivity contribution in [3.05, 3.63) is 53.0 Å². The molecule has 0 unspecified atom stereocenters. The van der Waals surface area contributed by atoms with Crippen LogP contribution < -0.4 is 5.32 Å². The first kappa shape index (κ1) is 18.3. The number of nitrogens with zero attached hydrogens (tertiary/aromatic N) is 1. The summed E-state index contributed by atoms with van der Waals surface area (Å²) in [4.78, 5) is 12.8. The zero-order chi connectivity index (χ0) is 19.0. The number of fused-ring (bicyclic) bond motifs is 1. The highest BCUT2D eigenvalue weighted by atomic mass is 32.2. The van der Waals surface area contributed by atoms with Gasteiger partial charge in [0.2, 0.25) is 10.0 Å². The number of aryl methyl sites for hydroxylation is 2. The molecule has 2 heterocycles. The predicted octanol–water partition coefficient (Wildman–Crippen LogP) is 3.18. The van der Waals surface area contributed by atoms with Gasteiger partial charge in [0.05, 0.1) is 6.04 Å².